The van der Waals surface area contributed by atoms with Gasteiger partial charge in [0, 0.05) is 22.8 Å². The van der Waals surface area contributed by atoms with Crippen LogP contribution in [0.3, 0.4) is 0 Å². The van der Waals surface area contributed by atoms with E-state index in [9.17, 15) is 9.59 Å². The van der Waals surface area contributed by atoms with Crippen molar-refractivity contribution < 1.29 is 9.59 Å². The van der Waals surface area contributed by atoms with Gasteiger partial charge in [0.25, 0.3) is 0 Å². The lowest BCUT2D eigenvalue weighted by Crippen LogP contribution is -2.33. The highest BCUT2D eigenvalue weighted by molar-refractivity contribution is 8.00. The van der Waals surface area contributed by atoms with Crippen LogP contribution in [0.25, 0.3) is 0 Å². The molecule has 1 saturated heterocycles. The van der Waals surface area contributed by atoms with Gasteiger partial charge in [-0.2, -0.15) is 0 Å². The van der Waals surface area contributed by atoms with Gasteiger partial charge in [-0.3, -0.25) is 14.5 Å². The van der Waals surface area contributed by atoms with Gasteiger partial charge in [0.1, 0.15) is 5.37 Å². The Balaban J connectivity index is 1.98. The van der Waals surface area contributed by atoms with Crippen molar-refractivity contribution in [2.75, 3.05) is 21.8 Å². The number of thioether (sulfide) groups is 1. The number of aryl methyl sites for hydroxylation is 1. The van der Waals surface area contributed by atoms with E-state index in [1.54, 1.807) is 11.8 Å². The molecule has 3 rings (SSSR count). The summed E-state index contributed by atoms with van der Waals surface area (Å²) in [6.45, 7) is 5.62. The Morgan fingerprint density at radius 2 is 1.89 bits per heavy atom. The maximum absolute atomic E-state index is 12.7. The monoisotopic (exact) mass is 402 g/mol. The van der Waals surface area contributed by atoms with E-state index in [4.69, 9.17) is 11.6 Å². The SMILES string of the molecule is Cc1ccccc1N1C(=O)CS[C@@H]1c1ccccc1NC(=O)C(C)(C)CCl. The van der Waals surface area contributed by atoms with Crippen LogP contribution in [-0.4, -0.2) is 23.4 Å². The number of nitrogens with one attached hydrogen (secondary N) is 1. The molecule has 1 atom stereocenters. The van der Waals surface area contributed by atoms with Crippen LogP contribution in [0.4, 0.5) is 11.4 Å². The predicted octanol–water partition coefficient (Wildman–Crippen LogP) is 4.98. The molecule has 0 unspecified atom stereocenters. The lowest BCUT2D eigenvalue weighted by Gasteiger charge is -2.28. The molecule has 0 saturated carbocycles. The number of anilines is 2. The number of hydrogen-bond donors (Lipinski definition) is 1. The normalized spacial score (nSPS) is 17.3. The number of rotatable bonds is 5. The first-order chi connectivity index (χ1) is 12.8. The Hall–Kier alpha value is -1.98. The lowest BCUT2D eigenvalue weighted by atomic mass is 9.95. The number of carbonyl (C=O) groups excluding carboxylic acids is 2. The van der Waals surface area contributed by atoms with Crippen LogP contribution < -0.4 is 10.2 Å². The maximum atomic E-state index is 12.7. The summed E-state index contributed by atoms with van der Waals surface area (Å²) >= 11 is 7.51. The second-order valence-electron chi connectivity index (χ2n) is 7.27. The summed E-state index contributed by atoms with van der Waals surface area (Å²) in [5.74, 6) is 0.574. The number of alkyl halides is 1. The summed E-state index contributed by atoms with van der Waals surface area (Å²) in [6, 6.07) is 15.5. The highest BCUT2D eigenvalue weighted by Crippen LogP contribution is 2.45. The molecule has 0 aromatic heterocycles. The van der Waals surface area contributed by atoms with Gasteiger partial charge >= 0.3 is 0 Å². The highest BCUT2D eigenvalue weighted by Gasteiger charge is 2.36. The van der Waals surface area contributed by atoms with Crippen molar-refractivity contribution >= 4 is 46.6 Å². The molecule has 27 heavy (non-hydrogen) atoms. The van der Waals surface area contributed by atoms with Gasteiger partial charge in [-0.15, -0.1) is 23.4 Å². The lowest BCUT2D eigenvalue weighted by molar-refractivity contribution is -0.123. The molecular formula is C21H23ClN2O2S. The third-order valence-corrected chi connectivity index (χ3v) is 6.53. The van der Waals surface area contributed by atoms with E-state index in [0.717, 1.165) is 16.8 Å². The minimum atomic E-state index is -0.678. The fraction of sp³-hybridized carbons (Fsp3) is 0.333. The van der Waals surface area contributed by atoms with Gasteiger partial charge in [0.15, 0.2) is 0 Å². The first-order valence-electron chi connectivity index (χ1n) is 8.81. The van der Waals surface area contributed by atoms with Crippen molar-refractivity contribution in [3.8, 4) is 0 Å². The van der Waals surface area contributed by atoms with E-state index in [2.05, 4.69) is 5.32 Å². The largest absolute Gasteiger partial charge is 0.325 e. The molecule has 1 aliphatic heterocycles. The molecule has 2 aromatic rings. The van der Waals surface area contributed by atoms with Gasteiger partial charge in [-0.1, -0.05) is 36.4 Å². The minimum Gasteiger partial charge on any atom is -0.325 e. The van der Waals surface area contributed by atoms with Crippen LogP contribution in [0.1, 0.15) is 30.3 Å². The van der Waals surface area contributed by atoms with Crippen molar-refractivity contribution in [3.05, 3.63) is 59.7 Å². The summed E-state index contributed by atoms with van der Waals surface area (Å²) in [5.41, 5.74) is 2.90. The predicted molar refractivity (Wildman–Crippen MR) is 113 cm³/mol. The van der Waals surface area contributed by atoms with Crippen molar-refractivity contribution in [1.29, 1.82) is 0 Å². The fourth-order valence-electron chi connectivity index (χ4n) is 2.93. The van der Waals surface area contributed by atoms with Gasteiger partial charge < -0.3 is 5.32 Å². The zero-order valence-corrected chi connectivity index (χ0v) is 17.2. The summed E-state index contributed by atoms with van der Waals surface area (Å²) < 4.78 is 0. The molecule has 4 nitrogen and oxygen atoms in total. The topological polar surface area (TPSA) is 49.4 Å². The Labute approximate surface area is 169 Å². The minimum absolute atomic E-state index is 0.0708. The van der Waals surface area contributed by atoms with E-state index in [0.29, 0.717) is 11.4 Å². The molecule has 142 valence electrons. The van der Waals surface area contributed by atoms with Crippen LogP contribution in [0.5, 0.6) is 0 Å². The van der Waals surface area contributed by atoms with E-state index < -0.39 is 5.41 Å². The molecule has 0 spiro atoms. The van der Waals surface area contributed by atoms with E-state index in [1.165, 1.54) is 0 Å². The van der Waals surface area contributed by atoms with Crippen LogP contribution in [0.2, 0.25) is 0 Å². The zero-order chi connectivity index (χ0) is 19.6. The van der Waals surface area contributed by atoms with Gasteiger partial charge in [0.2, 0.25) is 11.8 Å². The number of halogens is 1. The number of nitrogens with zero attached hydrogens (tertiary/aromatic N) is 1. The average molecular weight is 403 g/mol. The number of benzene rings is 2. The molecule has 1 heterocycles. The molecule has 0 bridgehead atoms. The first kappa shape index (κ1) is 19.8. The summed E-state index contributed by atoms with van der Waals surface area (Å²) in [7, 11) is 0. The Kier molecular flexibility index (Phi) is 5.82. The van der Waals surface area contributed by atoms with Crippen LogP contribution in [-0.2, 0) is 9.59 Å². The van der Waals surface area contributed by atoms with Crippen LogP contribution in [0.15, 0.2) is 48.5 Å². The first-order valence-corrected chi connectivity index (χ1v) is 10.4. The Morgan fingerprint density at radius 3 is 2.59 bits per heavy atom. The van der Waals surface area contributed by atoms with Crippen molar-refractivity contribution in [2.45, 2.75) is 26.1 Å². The maximum Gasteiger partial charge on any atom is 0.238 e. The zero-order valence-electron chi connectivity index (χ0n) is 15.7. The second-order valence-corrected chi connectivity index (χ2v) is 8.61. The highest BCUT2D eigenvalue weighted by atomic mass is 35.5. The van der Waals surface area contributed by atoms with Crippen molar-refractivity contribution in [2.24, 2.45) is 5.41 Å². The molecular weight excluding hydrogens is 380 g/mol. The fourth-order valence-corrected chi connectivity index (χ4v) is 4.25. The molecule has 2 aromatic carbocycles. The van der Waals surface area contributed by atoms with E-state index >= 15 is 0 Å². The average Bonchev–Trinajstić information content (AvgIpc) is 3.03. The van der Waals surface area contributed by atoms with E-state index in [-0.39, 0.29) is 23.1 Å². The summed E-state index contributed by atoms with van der Waals surface area (Å²) in [5, 5.41) is 2.82. The summed E-state index contributed by atoms with van der Waals surface area (Å²) in [4.78, 5) is 27.1. The van der Waals surface area contributed by atoms with E-state index in [1.807, 2.05) is 74.2 Å². The van der Waals surface area contributed by atoms with Gasteiger partial charge in [-0.05, 0) is 38.5 Å². The number of para-hydroxylation sites is 2. The number of carbonyl (C=O) groups is 2. The number of hydrogen-bond acceptors (Lipinski definition) is 3. The van der Waals surface area contributed by atoms with Gasteiger partial charge in [-0.25, -0.2) is 0 Å². The third-order valence-electron chi connectivity index (χ3n) is 4.67. The van der Waals surface area contributed by atoms with Crippen molar-refractivity contribution in [3.63, 3.8) is 0 Å². The smallest absolute Gasteiger partial charge is 0.238 e. The van der Waals surface area contributed by atoms with Crippen LogP contribution >= 0.6 is 23.4 Å². The molecule has 0 radical (unpaired) electrons. The molecule has 1 aliphatic rings. The standard InChI is InChI=1S/C21H23ClN2O2S/c1-14-8-4-7-11-17(14)24-18(25)12-27-19(24)15-9-5-6-10-16(15)23-20(26)21(2,3)13-22/h4-11,19H,12-13H2,1-3H3,(H,23,26)/t19-/m1/s1. The molecule has 1 fully saturated rings. The molecule has 2 amide bonds. The Morgan fingerprint density at radius 1 is 1.22 bits per heavy atom. The summed E-state index contributed by atoms with van der Waals surface area (Å²) in [6.07, 6.45) is 0. The quantitative estimate of drug-likeness (QED) is 0.717. The second kappa shape index (κ2) is 7.95. The third kappa shape index (κ3) is 3.99. The Bertz CT molecular complexity index is 869. The molecule has 0 aliphatic carbocycles. The van der Waals surface area contributed by atoms with Gasteiger partial charge in [0.05, 0.1) is 11.2 Å². The number of amides is 2. The van der Waals surface area contributed by atoms with Crippen molar-refractivity contribution in [1.82, 2.24) is 0 Å². The molecule has 1 N–H and O–H groups in total. The molecule has 6 heteroatoms. The van der Waals surface area contributed by atoms with Crippen LogP contribution in [0, 0.1) is 12.3 Å².